The molecular weight excluding hydrogens is 146 g/mol. The van der Waals surface area contributed by atoms with E-state index in [0.717, 1.165) is 13.2 Å². The summed E-state index contributed by atoms with van der Waals surface area (Å²) in [6.45, 7) is 5.66. The third-order valence-corrected chi connectivity index (χ3v) is 1.19. The number of rotatable bonds is 4. The van der Waals surface area contributed by atoms with Gasteiger partial charge in [-0.2, -0.15) is 3.98 Å². The molecule has 0 heterocycles. The minimum absolute atomic E-state index is 0.447. The molecule has 0 rings (SSSR count). The lowest BCUT2D eigenvalue weighted by atomic mass is 10.2. The van der Waals surface area contributed by atoms with Gasteiger partial charge in [0.25, 0.3) is 0 Å². The van der Waals surface area contributed by atoms with Crippen LogP contribution in [0.4, 0.5) is 0 Å². The van der Waals surface area contributed by atoms with Crippen molar-refractivity contribution in [1.29, 1.82) is 0 Å². The van der Waals surface area contributed by atoms with Gasteiger partial charge >= 0.3 is 0 Å². The van der Waals surface area contributed by atoms with Crippen LogP contribution in [0.5, 0.6) is 0 Å². The minimum atomic E-state index is 0.447. The lowest BCUT2D eigenvalue weighted by Crippen LogP contribution is -2.10. The molecule has 0 saturated heterocycles. The number of hydrogen-bond acceptors (Lipinski definition) is 2. The van der Waals surface area contributed by atoms with Crippen molar-refractivity contribution >= 4 is 19.0 Å². The predicted molar refractivity (Wildman–Crippen MR) is 46.9 cm³/mol. The Labute approximate surface area is 68.4 Å². The van der Waals surface area contributed by atoms with Crippen molar-refractivity contribution in [3.05, 3.63) is 0 Å². The van der Waals surface area contributed by atoms with Gasteiger partial charge in [0.1, 0.15) is 19.9 Å². The monoisotopic (exact) mass is 162 g/mol. The Morgan fingerprint density at radius 2 is 2.30 bits per heavy atom. The number of hydrogen-bond donors (Lipinski definition) is 1. The Balaban J connectivity index is 3.43. The molecule has 0 saturated carbocycles. The molecule has 0 bridgehead atoms. The van der Waals surface area contributed by atoms with E-state index in [1.54, 1.807) is 3.98 Å². The number of thiol groups is 1. The van der Waals surface area contributed by atoms with E-state index in [4.69, 9.17) is 4.74 Å². The lowest BCUT2D eigenvalue weighted by molar-refractivity contribution is -0.298. The second-order valence-electron chi connectivity index (χ2n) is 2.36. The average molecular weight is 162 g/mol. The van der Waals surface area contributed by atoms with E-state index in [-0.39, 0.29) is 0 Å². The Morgan fingerprint density at radius 3 is 2.70 bits per heavy atom. The van der Waals surface area contributed by atoms with Crippen LogP contribution >= 0.6 is 12.8 Å². The van der Waals surface area contributed by atoms with Crippen LogP contribution in [0, 0.1) is 5.92 Å². The zero-order chi connectivity index (χ0) is 7.98. The van der Waals surface area contributed by atoms with Crippen molar-refractivity contribution in [1.82, 2.24) is 0 Å². The highest BCUT2D eigenvalue weighted by atomic mass is 32.1. The first-order valence-corrected chi connectivity index (χ1v) is 3.91. The number of nitrogens with zero attached hydrogens (tertiary/aromatic N) is 1. The van der Waals surface area contributed by atoms with Crippen molar-refractivity contribution in [2.24, 2.45) is 5.92 Å². The van der Waals surface area contributed by atoms with Gasteiger partial charge in [-0.1, -0.05) is 6.92 Å². The highest BCUT2D eigenvalue weighted by Gasteiger charge is 2.01. The van der Waals surface area contributed by atoms with Gasteiger partial charge in [-0.15, -0.1) is 0 Å². The van der Waals surface area contributed by atoms with E-state index >= 15 is 0 Å². The molecule has 0 aliphatic heterocycles. The molecular formula is C7H16NOS+. The van der Waals surface area contributed by atoms with E-state index in [9.17, 15) is 0 Å². The fourth-order valence-corrected chi connectivity index (χ4v) is 0.943. The molecule has 0 spiro atoms. The standard InChI is InChI=1S/C7H16NOS/c1-4-9-6-7(2)5-8(3)10/h5,7,10H,4,6H2,1-3H3/q+1. The highest BCUT2D eigenvalue weighted by Crippen LogP contribution is 1.91. The summed E-state index contributed by atoms with van der Waals surface area (Å²) >= 11 is 4.08. The second-order valence-corrected chi connectivity index (χ2v) is 2.99. The van der Waals surface area contributed by atoms with Crippen molar-refractivity contribution < 1.29 is 8.72 Å². The third kappa shape index (κ3) is 6.11. The van der Waals surface area contributed by atoms with E-state index in [0.29, 0.717) is 5.92 Å². The van der Waals surface area contributed by atoms with Crippen LogP contribution in [0.2, 0.25) is 0 Å². The molecule has 1 unspecified atom stereocenters. The molecule has 0 radical (unpaired) electrons. The summed E-state index contributed by atoms with van der Waals surface area (Å²) in [5.41, 5.74) is 0. The Hall–Kier alpha value is -0.0200. The zero-order valence-electron chi connectivity index (χ0n) is 6.87. The zero-order valence-corrected chi connectivity index (χ0v) is 7.77. The van der Waals surface area contributed by atoms with E-state index in [1.807, 2.05) is 20.2 Å². The van der Waals surface area contributed by atoms with Gasteiger partial charge in [-0.3, -0.25) is 0 Å². The normalized spacial score (nSPS) is 15.4. The quantitative estimate of drug-likeness (QED) is 0.372. The molecule has 0 aromatic carbocycles. The fourth-order valence-electron chi connectivity index (χ4n) is 0.715. The topological polar surface area (TPSA) is 12.2 Å². The first kappa shape index (κ1) is 9.98. The Morgan fingerprint density at radius 1 is 1.70 bits per heavy atom. The SMILES string of the molecule is CCOCC(C)C=[N+](C)S. The number of ether oxygens (including phenoxy) is 1. The molecule has 10 heavy (non-hydrogen) atoms. The van der Waals surface area contributed by atoms with Gasteiger partial charge in [-0.25, -0.2) is 0 Å². The molecule has 0 aliphatic carbocycles. The van der Waals surface area contributed by atoms with Crippen molar-refractivity contribution in [3.8, 4) is 0 Å². The van der Waals surface area contributed by atoms with Crippen molar-refractivity contribution in [3.63, 3.8) is 0 Å². The Kier molecular flexibility index (Phi) is 5.73. The summed E-state index contributed by atoms with van der Waals surface area (Å²) in [5, 5.41) is 0. The van der Waals surface area contributed by atoms with Crippen LogP contribution in [0.1, 0.15) is 13.8 Å². The maximum Gasteiger partial charge on any atom is 0.158 e. The van der Waals surface area contributed by atoms with E-state index < -0.39 is 0 Å². The van der Waals surface area contributed by atoms with E-state index in [1.165, 1.54) is 0 Å². The molecule has 60 valence electrons. The summed E-state index contributed by atoms with van der Waals surface area (Å²) in [6, 6.07) is 0. The van der Waals surface area contributed by atoms with Gasteiger partial charge < -0.3 is 4.74 Å². The lowest BCUT2D eigenvalue weighted by Gasteiger charge is -2.01. The smallest absolute Gasteiger partial charge is 0.158 e. The van der Waals surface area contributed by atoms with Gasteiger partial charge in [0.15, 0.2) is 6.21 Å². The Bertz CT molecular complexity index is 110. The molecule has 0 aromatic heterocycles. The van der Waals surface area contributed by atoms with Crippen LogP contribution in [0.15, 0.2) is 0 Å². The molecule has 1 atom stereocenters. The van der Waals surface area contributed by atoms with Crippen LogP contribution in [0.25, 0.3) is 0 Å². The third-order valence-electron chi connectivity index (χ3n) is 1.06. The maximum atomic E-state index is 5.20. The average Bonchev–Trinajstić information content (AvgIpc) is 1.82. The first-order chi connectivity index (χ1) is 4.66. The van der Waals surface area contributed by atoms with Gasteiger partial charge in [0.05, 0.1) is 12.5 Å². The van der Waals surface area contributed by atoms with Crippen LogP contribution < -0.4 is 0 Å². The molecule has 0 aliphatic rings. The summed E-state index contributed by atoms with van der Waals surface area (Å²) in [4.78, 5) is 0. The molecule has 0 amide bonds. The van der Waals surface area contributed by atoms with Crippen LogP contribution in [-0.4, -0.2) is 30.5 Å². The largest absolute Gasteiger partial charge is 0.381 e. The minimum Gasteiger partial charge on any atom is -0.381 e. The second kappa shape index (κ2) is 5.74. The molecule has 0 fully saturated rings. The maximum absolute atomic E-state index is 5.20. The van der Waals surface area contributed by atoms with Gasteiger partial charge in [-0.05, 0) is 6.92 Å². The van der Waals surface area contributed by atoms with Gasteiger partial charge in [0.2, 0.25) is 0 Å². The molecule has 0 aromatic rings. The van der Waals surface area contributed by atoms with Crippen LogP contribution in [-0.2, 0) is 4.74 Å². The van der Waals surface area contributed by atoms with Gasteiger partial charge in [0, 0.05) is 6.61 Å². The summed E-state index contributed by atoms with van der Waals surface area (Å²) in [7, 11) is 1.89. The fraction of sp³-hybridized carbons (Fsp3) is 0.857. The first-order valence-electron chi connectivity index (χ1n) is 3.51. The highest BCUT2D eigenvalue weighted by molar-refractivity contribution is 7.73. The van der Waals surface area contributed by atoms with E-state index in [2.05, 4.69) is 19.7 Å². The molecule has 0 N–H and O–H groups in total. The summed E-state index contributed by atoms with van der Waals surface area (Å²) in [6.07, 6.45) is 2.01. The van der Waals surface area contributed by atoms with Crippen LogP contribution in [0.3, 0.4) is 0 Å². The summed E-state index contributed by atoms with van der Waals surface area (Å²) in [5.74, 6) is 0.447. The van der Waals surface area contributed by atoms with Crippen molar-refractivity contribution in [2.45, 2.75) is 13.8 Å². The molecule has 2 nitrogen and oxygen atoms in total. The van der Waals surface area contributed by atoms with Crippen molar-refractivity contribution in [2.75, 3.05) is 20.3 Å². The molecule has 3 heteroatoms. The summed E-state index contributed by atoms with van der Waals surface area (Å²) < 4.78 is 6.96. The predicted octanol–water partition coefficient (Wildman–Crippen LogP) is 1.22.